The van der Waals surface area contributed by atoms with Crippen molar-refractivity contribution in [3.05, 3.63) is 60.9 Å². The number of nitrogens with one attached hydrogen (secondary N) is 3. The zero-order valence-electron chi connectivity index (χ0n) is 14.4. The fourth-order valence-corrected chi connectivity index (χ4v) is 2.58. The van der Waals surface area contributed by atoms with Crippen LogP contribution in [0.3, 0.4) is 0 Å². The maximum absolute atomic E-state index is 4.60. The molecule has 2 heterocycles. The van der Waals surface area contributed by atoms with Crippen LogP contribution in [-0.2, 0) is 6.54 Å². The number of aliphatic imine (C=N–C) groups is 1. The number of nitrogens with zero attached hydrogens (tertiary/aromatic N) is 3. The van der Waals surface area contributed by atoms with Gasteiger partial charge in [-0.05, 0) is 30.3 Å². The summed E-state index contributed by atoms with van der Waals surface area (Å²) in [5.74, 6) is 1.69. The molecule has 2 aromatic heterocycles. The number of fused-ring (bicyclic) bond motifs is 1. The molecule has 130 valence electrons. The molecule has 0 fully saturated rings. The van der Waals surface area contributed by atoms with E-state index in [0.717, 1.165) is 48.9 Å². The number of rotatable bonds is 7. The highest BCUT2D eigenvalue weighted by atomic mass is 15.2. The second-order valence-corrected chi connectivity index (χ2v) is 5.66. The summed E-state index contributed by atoms with van der Waals surface area (Å²) in [4.78, 5) is 8.84. The van der Waals surface area contributed by atoms with E-state index in [4.69, 9.17) is 0 Å². The summed E-state index contributed by atoms with van der Waals surface area (Å²) in [5.41, 5.74) is 1.00. The number of aromatic nitrogens is 2. The smallest absolute Gasteiger partial charge is 0.191 e. The molecule has 0 atom stereocenters. The topological polar surface area (TPSA) is 66.3 Å². The minimum absolute atomic E-state index is 0.762. The van der Waals surface area contributed by atoms with Crippen molar-refractivity contribution in [2.75, 3.05) is 32.0 Å². The summed E-state index contributed by atoms with van der Waals surface area (Å²) in [6, 6.07) is 16.3. The molecule has 0 unspecified atom stereocenters. The first-order valence-corrected chi connectivity index (χ1v) is 8.50. The number of para-hydroxylation sites is 1. The normalized spacial score (nSPS) is 11.5. The lowest BCUT2D eigenvalue weighted by Crippen LogP contribution is -2.40. The SMILES string of the molecule is CN=C(NCCNc1ccc2ccccc2n1)NCCn1cccc1. The van der Waals surface area contributed by atoms with Crippen molar-refractivity contribution >= 4 is 22.7 Å². The molecular formula is C19H24N6. The van der Waals surface area contributed by atoms with Crippen LogP contribution in [0.15, 0.2) is 65.9 Å². The highest BCUT2D eigenvalue weighted by Gasteiger charge is 1.99. The predicted octanol–water partition coefficient (Wildman–Crippen LogP) is 2.31. The van der Waals surface area contributed by atoms with Crippen molar-refractivity contribution in [1.29, 1.82) is 0 Å². The van der Waals surface area contributed by atoms with Crippen molar-refractivity contribution in [1.82, 2.24) is 20.2 Å². The van der Waals surface area contributed by atoms with Gasteiger partial charge in [-0.25, -0.2) is 4.98 Å². The van der Waals surface area contributed by atoms with Gasteiger partial charge in [-0.15, -0.1) is 0 Å². The molecule has 0 radical (unpaired) electrons. The van der Waals surface area contributed by atoms with Crippen molar-refractivity contribution in [3.8, 4) is 0 Å². The molecule has 0 amide bonds. The zero-order chi connectivity index (χ0) is 17.3. The molecule has 0 aliphatic rings. The first kappa shape index (κ1) is 16.8. The fourth-order valence-electron chi connectivity index (χ4n) is 2.58. The molecule has 0 saturated carbocycles. The van der Waals surface area contributed by atoms with Crippen LogP contribution in [0, 0.1) is 0 Å². The number of pyridine rings is 1. The summed E-state index contributed by atoms with van der Waals surface area (Å²) in [5, 5.41) is 11.1. The van der Waals surface area contributed by atoms with Crippen molar-refractivity contribution in [2.24, 2.45) is 4.99 Å². The molecule has 3 rings (SSSR count). The summed E-state index contributed by atoms with van der Waals surface area (Å²) in [7, 11) is 1.78. The van der Waals surface area contributed by atoms with Crippen molar-refractivity contribution in [2.45, 2.75) is 6.54 Å². The lowest BCUT2D eigenvalue weighted by Gasteiger charge is -2.13. The van der Waals surface area contributed by atoms with Crippen LogP contribution in [0.5, 0.6) is 0 Å². The van der Waals surface area contributed by atoms with Gasteiger partial charge in [0.1, 0.15) is 5.82 Å². The van der Waals surface area contributed by atoms with Crippen LogP contribution in [0.25, 0.3) is 10.9 Å². The predicted molar refractivity (Wildman–Crippen MR) is 104 cm³/mol. The molecule has 0 aliphatic carbocycles. The maximum atomic E-state index is 4.60. The third-order valence-corrected chi connectivity index (χ3v) is 3.87. The third kappa shape index (κ3) is 4.97. The Bertz CT molecular complexity index is 810. The highest BCUT2D eigenvalue weighted by molar-refractivity contribution is 5.80. The number of anilines is 1. The Balaban J connectivity index is 1.38. The molecule has 25 heavy (non-hydrogen) atoms. The van der Waals surface area contributed by atoms with E-state index in [2.05, 4.69) is 55.0 Å². The highest BCUT2D eigenvalue weighted by Crippen LogP contribution is 2.13. The Morgan fingerprint density at radius 3 is 2.60 bits per heavy atom. The van der Waals surface area contributed by atoms with E-state index in [0.29, 0.717) is 0 Å². The zero-order valence-corrected chi connectivity index (χ0v) is 14.4. The lowest BCUT2D eigenvalue weighted by molar-refractivity contribution is 0.666. The van der Waals surface area contributed by atoms with Gasteiger partial charge in [0.2, 0.25) is 0 Å². The van der Waals surface area contributed by atoms with E-state index in [-0.39, 0.29) is 0 Å². The van der Waals surface area contributed by atoms with Crippen LogP contribution in [0.4, 0.5) is 5.82 Å². The van der Waals surface area contributed by atoms with Crippen LogP contribution in [0.2, 0.25) is 0 Å². The van der Waals surface area contributed by atoms with Gasteiger partial charge in [-0.3, -0.25) is 4.99 Å². The largest absolute Gasteiger partial charge is 0.368 e. The Morgan fingerprint density at radius 1 is 0.960 bits per heavy atom. The minimum atomic E-state index is 0.762. The molecule has 1 aromatic carbocycles. The summed E-state index contributed by atoms with van der Waals surface area (Å²) < 4.78 is 2.13. The molecule has 6 heteroatoms. The first-order valence-electron chi connectivity index (χ1n) is 8.50. The number of hydrogen-bond acceptors (Lipinski definition) is 3. The van der Waals surface area contributed by atoms with Crippen molar-refractivity contribution in [3.63, 3.8) is 0 Å². The van der Waals surface area contributed by atoms with E-state index in [9.17, 15) is 0 Å². The average Bonchev–Trinajstić information content (AvgIpc) is 3.17. The number of benzene rings is 1. The second-order valence-electron chi connectivity index (χ2n) is 5.66. The van der Waals surface area contributed by atoms with E-state index < -0.39 is 0 Å². The standard InChI is InChI=1S/C19H24N6/c1-20-19(23-12-15-25-13-4-5-14-25)22-11-10-21-18-9-8-16-6-2-3-7-17(16)24-18/h2-9,13-14H,10-12,15H2,1H3,(H,21,24)(H2,20,22,23). The van der Waals surface area contributed by atoms with E-state index >= 15 is 0 Å². The molecule has 3 N–H and O–H groups in total. The first-order chi connectivity index (χ1) is 12.3. The molecular weight excluding hydrogens is 312 g/mol. The molecule has 3 aromatic rings. The van der Waals surface area contributed by atoms with Gasteiger partial charge in [0.25, 0.3) is 0 Å². The molecule has 6 nitrogen and oxygen atoms in total. The molecule has 0 aliphatic heterocycles. The van der Waals surface area contributed by atoms with Crippen LogP contribution < -0.4 is 16.0 Å². The monoisotopic (exact) mass is 336 g/mol. The Kier molecular flexibility index (Phi) is 5.87. The Morgan fingerprint density at radius 2 is 1.76 bits per heavy atom. The average molecular weight is 336 g/mol. The van der Waals surface area contributed by atoms with Gasteiger partial charge in [0, 0.05) is 51.0 Å². The van der Waals surface area contributed by atoms with E-state index in [1.165, 1.54) is 0 Å². The van der Waals surface area contributed by atoms with Gasteiger partial charge in [-0.2, -0.15) is 0 Å². The van der Waals surface area contributed by atoms with Gasteiger partial charge in [-0.1, -0.05) is 18.2 Å². The van der Waals surface area contributed by atoms with Gasteiger partial charge in [0.05, 0.1) is 5.52 Å². The second kappa shape index (κ2) is 8.73. The van der Waals surface area contributed by atoms with Gasteiger partial charge in [0.15, 0.2) is 5.96 Å². The molecule has 0 spiro atoms. The molecule has 0 bridgehead atoms. The van der Waals surface area contributed by atoms with Gasteiger partial charge >= 0.3 is 0 Å². The maximum Gasteiger partial charge on any atom is 0.191 e. The summed E-state index contributed by atoms with van der Waals surface area (Å²) >= 11 is 0. The number of hydrogen-bond donors (Lipinski definition) is 3. The van der Waals surface area contributed by atoms with E-state index in [1.54, 1.807) is 7.05 Å². The van der Waals surface area contributed by atoms with Crippen LogP contribution >= 0.6 is 0 Å². The summed E-state index contributed by atoms with van der Waals surface area (Å²) in [6.07, 6.45) is 4.11. The third-order valence-electron chi connectivity index (χ3n) is 3.87. The Hall–Kier alpha value is -3.02. The summed E-state index contributed by atoms with van der Waals surface area (Å²) in [6.45, 7) is 3.27. The lowest BCUT2D eigenvalue weighted by atomic mass is 10.2. The quantitative estimate of drug-likeness (QED) is 0.352. The van der Waals surface area contributed by atoms with Crippen LogP contribution in [0.1, 0.15) is 0 Å². The fraction of sp³-hybridized carbons (Fsp3) is 0.263. The van der Waals surface area contributed by atoms with Crippen LogP contribution in [-0.4, -0.2) is 42.2 Å². The van der Waals surface area contributed by atoms with Gasteiger partial charge < -0.3 is 20.5 Å². The minimum Gasteiger partial charge on any atom is -0.368 e. The Labute approximate surface area is 148 Å². The molecule has 0 saturated heterocycles. The number of guanidine groups is 1. The van der Waals surface area contributed by atoms with Crippen molar-refractivity contribution < 1.29 is 0 Å². The van der Waals surface area contributed by atoms with E-state index in [1.807, 2.05) is 36.4 Å².